The fraction of sp³-hybridized carbons (Fsp3) is 0.409. The van der Waals surface area contributed by atoms with E-state index in [1.54, 1.807) is 17.0 Å². The molecule has 2 fully saturated rings. The number of carbonyl (C=O) groups excluding carboxylic acids is 1. The van der Waals surface area contributed by atoms with Gasteiger partial charge in [-0.1, -0.05) is 0 Å². The number of nitrogens with one attached hydrogen (secondary N) is 1. The summed E-state index contributed by atoms with van der Waals surface area (Å²) in [5.74, 6) is 1.10. The largest absolute Gasteiger partial charge is 0.378 e. The molecular formula is C22H24N8O2. The van der Waals surface area contributed by atoms with Crippen LogP contribution in [0.15, 0.2) is 30.5 Å². The molecule has 2 aromatic heterocycles. The van der Waals surface area contributed by atoms with E-state index < -0.39 is 0 Å². The molecule has 2 saturated heterocycles. The third kappa shape index (κ3) is 3.94. The van der Waals surface area contributed by atoms with Crippen LogP contribution in [0.1, 0.15) is 35.3 Å². The maximum atomic E-state index is 12.7. The standard InChI is InChI=1S/C22H24N8O2/c23-14-18-15-24-20-19(26-22(27-30(18)20)29-8-2-1-3-9-29)25-17-6-4-16(5-7-17)21(31)28-10-12-32-13-11-28/h4-7,15H,1-3,8-13H2,(H,25,26,27). The van der Waals surface area contributed by atoms with Gasteiger partial charge in [0.15, 0.2) is 17.2 Å². The van der Waals surface area contributed by atoms with E-state index in [1.165, 1.54) is 17.1 Å². The van der Waals surface area contributed by atoms with Crippen molar-refractivity contribution in [3.63, 3.8) is 0 Å². The number of benzene rings is 1. The number of ether oxygens (including phenoxy) is 1. The number of amides is 1. The number of carbonyl (C=O) groups is 1. The van der Waals surface area contributed by atoms with E-state index >= 15 is 0 Å². The number of morpholine rings is 1. The van der Waals surface area contributed by atoms with Gasteiger partial charge in [0.25, 0.3) is 5.91 Å². The first-order chi connectivity index (χ1) is 15.7. The van der Waals surface area contributed by atoms with Crippen LogP contribution in [0.3, 0.4) is 0 Å². The Balaban J connectivity index is 1.42. The van der Waals surface area contributed by atoms with Gasteiger partial charge in [-0.2, -0.15) is 14.8 Å². The van der Waals surface area contributed by atoms with Gasteiger partial charge in [0.2, 0.25) is 5.95 Å². The van der Waals surface area contributed by atoms with Gasteiger partial charge in [-0.3, -0.25) is 4.79 Å². The van der Waals surface area contributed by atoms with Crippen LogP contribution in [-0.2, 0) is 4.74 Å². The molecule has 0 radical (unpaired) electrons. The van der Waals surface area contributed by atoms with Crippen LogP contribution in [0.25, 0.3) is 5.65 Å². The molecule has 0 unspecified atom stereocenters. The number of imidazole rings is 1. The van der Waals surface area contributed by atoms with E-state index in [4.69, 9.17) is 9.72 Å². The molecule has 4 heterocycles. The Morgan fingerprint density at radius 1 is 1.06 bits per heavy atom. The minimum absolute atomic E-state index is 0.00331. The third-order valence-corrected chi connectivity index (χ3v) is 5.80. The lowest BCUT2D eigenvalue weighted by atomic mass is 10.1. The van der Waals surface area contributed by atoms with Crippen molar-refractivity contribution in [2.45, 2.75) is 19.3 Å². The van der Waals surface area contributed by atoms with Crippen LogP contribution >= 0.6 is 0 Å². The highest BCUT2D eigenvalue weighted by molar-refractivity contribution is 5.94. The summed E-state index contributed by atoms with van der Waals surface area (Å²) in [6.07, 6.45) is 4.89. The molecule has 10 nitrogen and oxygen atoms in total. The van der Waals surface area contributed by atoms with E-state index in [1.807, 2.05) is 12.1 Å². The van der Waals surface area contributed by atoms with Crippen LogP contribution in [-0.4, -0.2) is 69.8 Å². The smallest absolute Gasteiger partial charge is 0.254 e. The van der Waals surface area contributed by atoms with Crippen LogP contribution < -0.4 is 10.2 Å². The molecule has 1 N–H and O–H groups in total. The summed E-state index contributed by atoms with van der Waals surface area (Å²) in [5.41, 5.74) is 2.24. The summed E-state index contributed by atoms with van der Waals surface area (Å²) in [6.45, 7) is 4.14. The molecule has 1 aromatic carbocycles. The predicted octanol–water partition coefficient (Wildman–Crippen LogP) is 2.20. The Hall–Kier alpha value is -3.71. The number of hydrogen-bond donors (Lipinski definition) is 1. The molecule has 2 aliphatic heterocycles. The molecule has 0 bridgehead atoms. The van der Waals surface area contributed by atoms with Crippen molar-refractivity contribution in [2.75, 3.05) is 49.6 Å². The summed E-state index contributed by atoms with van der Waals surface area (Å²) >= 11 is 0. The average Bonchev–Trinajstić information content (AvgIpc) is 3.28. The van der Waals surface area contributed by atoms with Crippen molar-refractivity contribution in [3.05, 3.63) is 41.7 Å². The molecule has 3 aromatic rings. The fourth-order valence-corrected chi connectivity index (χ4v) is 4.04. The van der Waals surface area contributed by atoms with Gasteiger partial charge < -0.3 is 19.9 Å². The van der Waals surface area contributed by atoms with E-state index in [-0.39, 0.29) is 5.91 Å². The second-order valence-corrected chi connectivity index (χ2v) is 7.91. The highest BCUT2D eigenvalue weighted by Crippen LogP contribution is 2.24. The average molecular weight is 432 g/mol. The SMILES string of the molecule is N#Cc1cnc2c(Nc3ccc(C(=O)N4CCOCC4)cc3)nc(N3CCCCC3)nn12. The Morgan fingerprint density at radius 3 is 2.53 bits per heavy atom. The highest BCUT2D eigenvalue weighted by Gasteiger charge is 2.20. The molecule has 0 spiro atoms. The Bertz CT molecular complexity index is 1160. The van der Waals surface area contributed by atoms with E-state index in [0.29, 0.717) is 55.0 Å². The normalized spacial score (nSPS) is 16.7. The van der Waals surface area contributed by atoms with E-state index in [9.17, 15) is 10.1 Å². The van der Waals surface area contributed by atoms with Crippen molar-refractivity contribution < 1.29 is 9.53 Å². The van der Waals surface area contributed by atoms with Crippen LogP contribution in [0.5, 0.6) is 0 Å². The molecule has 10 heteroatoms. The molecule has 164 valence electrons. The Kier molecular flexibility index (Phi) is 5.56. The summed E-state index contributed by atoms with van der Waals surface area (Å²) in [4.78, 5) is 25.7. The van der Waals surface area contributed by atoms with E-state index in [0.717, 1.165) is 31.6 Å². The monoisotopic (exact) mass is 432 g/mol. The molecule has 5 rings (SSSR count). The third-order valence-electron chi connectivity index (χ3n) is 5.80. The van der Waals surface area contributed by atoms with E-state index in [2.05, 4.69) is 26.4 Å². The molecule has 1 amide bonds. The summed E-state index contributed by atoms with van der Waals surface area (Å²) in [6, 6.07) is 9.44. The summed E-state index contributed by atoms with van der Waals surface area (Å²) in [7, 11) is 0. The maximum Gasteiger partial charge on any atom is 0.254 e. The van der Waals surface area contributed by atoms with Crippen LogP contribution in [0.2, 0.25) is 0 Å². The van der Waals surface area contributed by atoms with Crippen molar-refractivity contribution in [2.24, 2.45) is 0 Å². The molecule has 0 saturated carbocycles. The maximum absolute atomic E-state index is 12.7. The topological polar surface area (TPSA) is 112 Å². The minimum atomic E-state index is 0.00331. The first-order valence-electron chi connectivity index (χ1n) is 10.9. The van der Waals surface area contributed by atoms with Crippen LogP contribution in [0, 0.1) is 11.3 Å². The van der Waals surface area contributed by atoms with Gasteiger partial charge in [0, 0.05) is 37.4 Å². The lowest BCUT2D eigenvalue weighted by Gasteiger charge is -2.27. The molecule has 2 aliphatic rings. The van der Waals surface area contributed by atoms with Gasteiger partial charge in [-0.05, 0) is 43.5 Å². The summed E-state index contributed by atoms with van der Waals surface area (Å²) in [5, 5.41) is 17.3. The van der Waals surface area contributed by atoms with Crippen molar-refractivity contribution in [3.8, 4) is 6.07 Å². The number of nitrogens with zero attached hydrogens (tertiary/aromatic N) is 7. The quantitative estimate of drug-likeness (QED) is 0.668. The van der Waals surface area contributed by atoms with Crippen molar-refractivity contribution in [1.82, 2.24) is 24.5 Å². The number of piperidine rings is 1. The fourth-order valence-electron chi connectivity index (χ4n) is 4.04. The number of anilines is 3. The number of fused-ring (bicyclic) bond motifs is 1. The first kappa shape index (κ1) is 20.2. The van der Waals surface area contributed by atoms with Crippen molar-refractivity contribution >= 4 is 29.0 Å². The molecule has 0 aliphatic carbocycles. The second kappa shape index (κ2) is 8.80. The predicted molar refractivity (Wildman–Crippen MR) is 118 cm³/mol. The van der Waals surface area contributed by atoms with Gasteiger partial charge in [-0.25, -0.2) is 4.98 Å². The van der Waals surface area contributed by atoms with Gasteiger partial charge in [0.1, 0.15) is 6.07 Å². The highest BCUT2D eigenvalue weighted by atomic mass is 16.5. The van der Waals surface area contributed by atoms with Gasteiger partial charge >= 0.3 is 0 Å². The van der Waals surface area contributed by atoms with Gasteiger partial charge in [-0.15, -0.1) is 5.10 Å². The molecular weight excluding hydrogens is 408 g/mol. The summed E-state index contributed by atoms with van der Waals surface area (Å²) < 4.78 is 6.86. The van der Waals surface area contributed by atoms with Gasteiger partial charge in [0.05, 0.1) is 19.4 Å². The molecule has 0 atom stereocenters. The first-order valence-corrected chi connectivity index (χ1v) is 10.9. The zero-order valence-corrected chi connectivity index (χ0v) is 17.7. The second-order valence-electron chi connectivity index (χ2n) is 7.91. The lowest BCUT2D eigenvalue weighted by Crippen LogP contribution is -2.40. The zero-order valence-electron chi connectivity index (χ0n) is 17.7. The minimum Gasteiger partial charge on any atom is -0.378 e. The number of nitriles is 1. The number of hydrogen-bond acceptors (Lipinski definition) is 8. The lowest BCUT2D eigenvalue weighted by molar-refractivity contribution is 0.0303. The molecule has 32 heavy (non-hydrogen) atoms. The Morgan fingerprint density at radius 2 is 1.81 bits per heavy atom. The zero-order chi connectivity index (χ0) is 21.9. The van der Waals surface area contributed by atoms with Crippen LogP contribution in [0.4, 0.5) is 17.5 Å². The van der Waals surface area contributed by atoms with Crippen molar-refractivity contribution in [1.29, 1.82) is 5.26 Å². The number of aromatic nitrogens is 4. The Labute approximate surface area is 185 Å². The number of rotatable bonds is 4.